The van der Waals surface area contributed by atoms with E-state index in [1.165, 1.54) is 6.92 Å². The van der Waals surface area contributed by atoms with Crippen LogP contribution >= 0.6 is 0 Å². The zero-order valence-electron chi connectivity index (χ0n) is 24.7. The largest absolute Gasteiger partial charge is 0.391 e. The Morgan fingerprint density at radius 3 is 1.28 bits per heavy atom. The summed E-state index contributed by atoms with van der Waals surface area (Å²) < 4.78 is 30.8. The molecule has 21 heteroatoms. The Bertz CT molecular complexity index is 891. The van der Waals surface area contributed by atoms with Crippen molar-refractivity contribution in [2.75, 3.05) is 52.9 Å². The standard InChI is InChI=1S/C13H24O10.C12H22O11/c1-6-9(17)8(23-12(6,20)4-14)3-22-13(5-15)11(19)10(18)7(16)2-21-13;13-3-11(20)9(18)8(17)6(23-11)2-22-12(4-14)10(19)7(16)5(15)1-21-12/h6-11,14-20H,2-5H2,1H3;5-10,13-20H,1-4H2/t6-,7-,8-,9+,10-,11-,12-,13+;5-,6-,7-,8-,9-,10-,11+,12+/m11/s1. The molecule has 0 radical (unpaired) electrons. The third kappa shape index (κ3) is 7.50. The number of rotatable bonds is 10. The minimum atomic E-state index is -2.37. The van der Waals surface area contributed by atoms with Crippen molar-refractivity contribution in [2.24, 2.45) is 5.92 Å². The Labute approximate surface area is 261 Å². The second-order valence-electron chi connectivity index (χ2n) is 11.7. The highest BCUT2D eigenvalue weighted by Gasteiger charge is 2.57. The van der Waals surface area contributed by atoms with E-state index in [2.05, 4.69) is 0 Å². The molecule has 15 N–H and O–H groups in total. The first-order valence-corrected chi connectivity index (χ1v) is 14.3. The first-order valence-electron chi connectivity index (χ1n) is 14.3. The van der Waals surface area contributed by atoms with Crippen LogP contribution in [-0.4, -0.2) is 220 Å². The Kier molecular flexibility index (Phi) is 13.2. The van der Waals surface area contributed by atoms with Crippen LogP contribution in [0.1, 0.15) is 6.92 Å². The quantitative estimate of drug-likeness (QED) is 0.102. The first-order chi connectivity index (χ1) is 21.4. The van der Waals surface area contributed by atoms with Crippen LogP contribution < -0.4 is 0 Å². The van der Waals surface area contributed by atoms with Gasteiger partial charge in [0.2, 0.25) is 17.4 Å². The molecule has 0 amide bonds. The van der Waals surface area contributed by atoms with Gasteiger partial charge in [-0.1, -0.05) is 6.92 Å². The van der Waals surface area contributed by atoms with E-state index in [1.807, 2.05) is 0 Å². The molecule has 0 aromatic heterocycles. The van der Waals surface area contributed by atoms with Crippen molar-refractivity contribution in [2.45, 2.75) is 97.2 Å². The summed E-state index contributed by atoms with van der Waals surface area (Å²) in [6.07, 6.45) is -16.4. The van der Waals surface area contributed by atoms with Gasteiger partial charge in [-0.05, 0) is 0 Å². The molecule has 21 nitrogen and oxygen atoms in total. The summed E-state index contributed by atoms with van der Waals surface area (Å²) in [5, 5.41) is 144. The lowest BCUT2D eigenvalue weighted by Gasteiger charge is -2.44. The van der Waals surface area contributed by atoms with Gasteiger partial charge in [0.25, 0.3) is 0 Å². The molecule has 0 bridgehead atoms. The zero-order valence-corrected chi connectivity index (χ0v) is 24.7. The summed E-state index contributed by atoms with van der Waals surface area (Å²) in [6.45, 7) is -3.66. The van der Waals surface area contributed by atoms with Gasteiger partial charge < -0.3 is 105 Å². The van der Waals surface area contributed by atoms with Crippen LogP contribution in [0.2, 0.25) is 0 Å². The van der Waals surface area contributed by atoms with E-state index < -0.39 is 142 Å². The molecule has 4 fully saturated rings. The highest BCUT2D eigenvalue weighted by atomic mass is 16.7. The maximum atomic E-state index is 10.0. The summed E-state index contributed by atoms with van der Waals surface area (Å²) >= 11 is 0. The summed E-state index contributed by atoms with van der Waals surface area (Å²) in [5.74, 6) is -9.17. The molecule has 0 aliphatic carbocycles. The summed E-state index contributed by atoms with van der Waals surface area (Å²) in [6, 6.07) is 0. The monoisotopic (exact) mass is 682 g/mol. The van der Waals surface area contributed by atoms with Crippen molar-refractivity contribution >= 4 is 0 Å². The van der Waals surface area contributed by atoms with E-state index in [9.17, 15) is 66.4 Å². The number of aliphatic hydroxyl groups is 15. The van der Waals surface area contributed by atoms with Gasteiger partial charge in [0.15, 0.2) is 5.79 Å². The van der Waals surface area contributed by atoms with Crippen LogP contribution in [0.25, 0.3) is 0 Å². The second kappa shape index (κ2) is 15.4. The summed E-state index contributed by atoms with van der Waals surface area (Å²) in [4.78, 5) is 0. The molecule has 0 aromatic rings. The zero-order chi connectivity index (χ0) is 34.8. The van der Waals surface area contributed by atoms with Crippen molar-refractivity contribution in [3.63, 3.8) is 0 Å². The highest BCUT2D eigenvalue weighted by molar-refractivity contribution is 4.98. The smallest absolute Gasteiger partial charge is 0.221 e. The lowest BCUT2D eigenvalue weighted by molar-refractivity contribution is -0.356. The van der Waals surface area contributed by atoms with E-state index >= 15 is 0 Å². The molecule has 4 saturated heterocycles. The lowest BCUT2D eigenvalue weighted by atomic mass is 9.95. The normalized spacial score (nSPS) is 51.1. The van der Waals surface area contributed by atoms with E-state index in [4.69, 9.17) is 38.6 Å². The van der Waals surface area contributed by atoms with Gasteiger partial charge in [-0.2, -0.15) is 0 Å². The number of ether oxygens (including phenoxy) is 6. The fraction of sp³-hybridized carbons (Fsp3) is 1.00. The Morgan fingerprint density at radius 2 is 0.935 bits per heavy atom. The molecule has 46 heavy (non-hydrogen) atoms. The third-order valence-corrected chi connectivity index (χ3v) is 8.69. The van der Waals surface area contributed by atoms with E-state index in [-0.39, 0.29) is 6.61 Å². The maximum Gasteiger partial charge on any atom is 0.221 e. The first kappa shape index (κ1) is 39.6. The fourth-order valence-corrected chi connectivity index (χ4v) is 5.31. The van der Waals surface area contributed by atoms with Gasteiger partial charge in [-0.15, -0.1) is 0 Å². The molecule has 4 aliphatic rings. The summed E-state index contributed by atoms with van der Waals surface area (Å²) in [7, 11) is 0. The predicted octanol–water partition coefficient (Wildman–Crippen LogP) is -9.51. The van der Waals surface area contributed by atoms with Crippen molar-refractivity contribution in [3.05, 3.63) is 0 Å². The van der Waals surface area contributed by atoms with Crippen LogP contribution in [0.5, 0.6) is 0 Å². The highest BCUT2D eigenvalue weighted by Crippen LogP contribution is 2.36. The Morgan fingerprint density at radius 1 is 0.543 bits per heavy atom. The van der Waals surface area contributed by atoms with Crippen LogP contribution in [0.4, 0.5) is 0 Å². The molecule has 4 rings (SSSR count). The Balaban J connectivity index is 0.000000250. The van der Waals surface area contributed by atoms with Gasteiger partial charge in [-0.25, -0.2) is 0 Å². The minimum absolute atomic E-state index is 0.371. The van der Waals surface area contributed by atoms with E-state index in [0.29, 0.717) is 0 Å². The average Bonchev–Trinajstić information content (AvgIpc) is 3.42. The van der Waals surface area contributed by atoms with Gasteiger partial charge in [-0.3, -0.25) is 0 Å². The number of hydrogen-bond acceptors (Lipinski definition) is 21. The second-order valence-corrected chi connectivity index (χ2v) is 11.7. The molecular weight excluding hydrogens is 636 g/mol. The molecule has 0 unspecified atom stereocenters. The van der Waals surface area contributed by atoms with E-state index in [1.54, 1.807) is 0 Å². The predicted molar refractivity (Wildman–Crippen MR) is 140 cm³/mol. The molecule has 4 heterocycles. The molecule has 16 atom stereocenters. The minimum Gasteiger partial charge on any atom is -0.391 e. The van der Waals surface area contributed by atoms with Gasteiger partial charge in [0.05, 0.1) is 45.7 Å². The molecule has 4 aliphatic heterocycles. The van der Waals surface area contributed by atoms with Crippen LogP contribution in [0.3, 0.4) is 0 Å². The fourth-order valence-electron chi connectivity index (χ4n) is 5.31. The van der Waals surface area contributed by atoms with Crippen LogP contribution in [-0.2, 0) is 28.4 Å². The number of aliphatic hydroxyl groups excluding tert-OH is 13. The van der Waals surface area contributed by atoms with Gasteiger partial charge in [0.1, 0.15) is 74.3 Å². The average molecular weight is 683 g/mol. The van der Waals surface area contributed by atoms with Gasteiger partial charge >= 0.3 is 0 Å². The van der Waals surface area contributed by atoms with Crippen LogP contribution in [0.15, 0.2) is 0 Å². The molecule has 272 valence electrons. The van der Waals surface area contributed by atoms with Crippen molar-refractivity contribution < 1.29 is 105 Å². The van der Waals surface area contributed by atoms with Crippen molar-refractivity contribution in [1.82, 2.24) is 0 Å². The third-order valence-electron chi connectivity index (χ3n) is 8.69. The molecule has 0 aromatic carbocycles. The Hall–Kier alpha value is -0.840. The van der Waals surface area contributed by atoms with Crippen molar-refractivity contribution in [3.8, 4) is 0 Å². The molecule has 0 saturated carbocycles. The SMILES string of the molecule is C[C@@H]1[C@H](O)[C@@H](CO[C@]2(CO)OC[C@@H](O)[C@@H](O)[C@H]2O)O[C@]1(O)CO.OC[C@@]1(OC[C@H]2O[C@@](O)(CO)[C@H](O)[C@@H]2O)OC[C@@H](O)[C@@H](O)[C@H]1O. The van der Waals surface area contributed by atoms with E-state index in [0.717, 1.165) is 0 Å². The van der Waals surface area contributed by atoms with Crippen LogP contribution in [0, 0.1) is 5.92 Å². The molecular formula is C25H46O21. The molecule has 0 spiro atoms. The number of hydrogen-bond donors (Lipinski definition) is 15. The lowest BCUT2D eigenvalue weighted by Crippen LogP contribution is -2.64. The summed E-state index contributed by atoms with van der Waals surface area (Å²) in [5.41, 5.74) is 0. The maximum absolute atomic E-state index is 10.0. The van der Waals surface area contributed by atoms with Crippen molar-refractivity contribution in [1.29, 1.82) is 0 Å². The van der Waals surface area contributed by atoms with Gasteiger partial charge in [0, 0.05) is 5.92 Å². The topological polar surface area (TPSA) is 359 Å².